The molecule has 0 aromatic heterocycles. The summed E-state index contributed by atoms with van der Waals surface area (Å²) in [6.45, 7) is 0. The van der Waals surface area contributed by atoms with E-state index in [9.17, 15) is 20.4 Å². The van der Waals surface area contributed by atoms with Crippen LogP contribution in [0.15, 0.2) is 48.6 Å². The molecule has 0 saturated heterocycles. The Bertz CT molecular complexity index is 745. The second-order valence-corrected chi connectivity index (χ2v) is 5.95. The fourth-order valence-corrected chi connectivity index (χ4v) is 2.44. The number of methoxy groups -OCH3 is 2. The fraction of sp³-hybridized carbons (Fsp3) is 0.238. The van der Waals surface area contributed by atoms with Gasteiger partial charge in [-0.2, -0.15) is 0 Å². The molecule has 0 bridgehead atoms. The molecule has 144 valence electrons. The minimum atomic E-state index is -0.848. The van der Waals surface area contributed by atoms with Gasteiger partial charge in [-0.3, -0.25) is 0 Å². The third-order valence-corrected chi connectivity index (χ3v) is 3.91. The molecule has 4 N–H and O–H groups in total. The lowest BCUT2D eigenvalue weighted by Gasteiger charge is -2.10. The normalized spacial score (nSPS) is 13.8. The van der Waals surface area contributed by atoms with Crippen LogP contribution in [0.4, 0.5) is 0 Å². The van der Waals surface area contributed by atoms with Crippen LogP contribution < -0.4 is 9.47 Å². The molecule has 2 aromatic rings. The average Bonchev–Trinajstić information content (AvgIpc) is 2.66. The zero-order chi connectivity index (χ0) is 19.8. The molecule has 0 saturated carbocycles. The van der Waals surface area contributed by atoms with E-state index in [1.807, 2.05) is 0 Å². The van der Waals surface area contributed by atoms with Crippen molar-refractivity contribution in [2.45, 2.75) is 18.6 Å². The van der Waals surface area contributed by atoms with Gasteiger partial charge in [0, 0.05) is 6.42 Å². The topological polar surface area (TPSA) is 99.4 Å². The number of aliphatic hydroxyl groups is 2. The van der Waals surface area contributed by atoms with Crippen molar-refractivity contribution in [1.29, 1.82) is 0 Å². The highest BCUT2D eigenvalue weighted by atomic mass is 16.5. The van der Waals surface area contributed by atoms with Gasteiger partial charge in [-0.1, -0.05) is 36.4 Å². The standard InChI is InChI=1S/C21H24O6/c1-26-20-11-14(5-9-18(20)24)3-7-16(22)13-17(23)8-4-15-6-10-19(25)21(12-15)27-2/h3-12,16-17,22-25H,13H2,1-2H3/b7-3+,8-4+/t16-,17+. The number of hydrogen-bond donors (Lipinski definition) is 4. The highest BCUT2D eigenvalue weighted by Gasteiger charge is 2.07. The molecule has 0 aliphatic rings. The quantitative estimate of drug-likeness (QED) is 0.569. The first-order valence-corrected chi connectivity index (χ1v) is 8.39. The summed E-state index contributed by atoms with van der Waals surface area (Å²) in [7, 11) is 2.92. The van der Waals surface area contributed by atoms with Crippen LogP contribution in [0, 0.1) is 0 Å². The van der Waals surface area contributed by atoms with Gasteiger partial charge >= 0.3 is 0 Å². The predicted octanol–water partition coefficient (Wildman–Crippen LogP) is 2.95. The average molecular weight is 372 g/mol. The van der Waals surface area contributed by atoms with E-state index in [4.69, 9.17) is 9.47 Å². The lowest BCUT2D eigenvalue weighted by molar-refractivity contribution is 0.134. The van der Waals surface area contributed by atoms with Crippen molar-refractivity contribution in [1.82, 2.24) is 0 Å². The number of ether oxygens (including phenoxy) is 2. The number of phenols is 2. The van der Waals surface area contributed by atoms with Crippen LogP contribution in [0.5, 0.6) is 23.0 Å². The summed E-state index contributed by atoms with van der Waals surface area (Å²) in [5.41, 5.74) is 1.51. The van der Waals surface area contributed by atoms with E-state index in [1.54, 1.807) is 48.6 Å². The van der Waals surface area contributed by atoms with Crippen molar-refractivity contribution < 1.29 is 29.9 Å². The van der Waals surface area contributed by atoms with Gasteiger partial charge in [0.15, 0.2) is 23.0 Å². The van der Waals surface area contributed by atoms with Gasteiger partial charge in [-0.25, -0.2) is 0 Å². The molecule has 6 heteroatoms. The molecule has 0 radical (unpaired) electrons. The van der Waals surface area contributed by atoms with Crippen LogP contribution in [0.1, 0.15) is 17.5 Å². The third-order valence-electron chi connectivity index (χ3n) is 3.91. The van der Waals surface area contributed by atoms with Crippen LogP contribution >= 0.6 is 0 Å². The van der Waals surface area contributed by atoms with E-state index in [-0.39, 0.29) is 17.9 Å². The Kier molecular flexibility index (Phi) is 7.28. The number of aliphatic hydroxyl groups excluding tert-OH is 2. The molecule has 2 aromatic carbocycles. The van der Waals surface area contributed by atoms with Gasteiger partial charge in [0.1, 0.15) is 0 Å². The molecule has 27 heavy (non-hydrogen) atoms. The van der Waals surface area contributed by atoms with Gasteiger partial charge in [0.25, 0.3) is 0 Å². The zero-order valence-electron chi connectivity index (χ0n) is 15.2. The molecule has 0 spiro atoms. The summed E-state index contributed by atoms with van der Waals surface area (Å²) in [5.74, 6) is 0.779. The van der Waals surface area contributed by atoms with E-state index in [2.05, 4.69) is 0 Å². The predicted molar refractivity (Wildman–Crippen MR) is 104 cm³/mol. The molecule has 2 rings (SSSR count). The van der Waals surface area contributed by atoms with Crippen LogP contribution in [-0.4, -0.2) is 46.9 Å². The lowest BCUT2D eigenvalue weighted by atomic mass is 10.1. The highest BCUT2D eigenvalue weighted by molar-refractivity contribution is 5.57. The Morgan fingerprint density at radius 3 is 1.56 bits per heavy atom. The highest BCUT2D eigenvalue weighted by Crippen LogP contribution is 2.27. The number of benzene rings is 2. The van der Waals surface area contributed by atoms with Crippen molar-refractivity contribution in [3.05, 3.63) is 59.7 Å². The molecule has 2 atom stereocenters. The Balaban J connectivity index is 1.94. The van der Waals surface area contributed by atoms with Crippen molar-refractivity contribution in [2.75, 3.05) is 14.2 Å². The van der Waals surface area contributed by atoms with E-state index >= 15 is 0 Å². The Morgan fingerprint density at radius 2 is 1.19 bits per heavy atom. The summed E-state index contributed by atoms with van der Waals surface area (Å²) in [5, 5.41) is 39.3. The monoisotopic (exact) mass is 372 g/mol. The number of phenolic OH excluding ortho intramolecular Hbond substituents is 2. The molecule has 0 fully saturated rings. The first-order chi connectivity index (χ1) is 12.9. The molecule has 0 aliphatic heterocycles. The molecular formula is C21H24O6. The summed E-state index contributed by atoms with van der Waals surface area (Å²) >= 11 is 0. The third kappa shape index (κ3) is 6.06. The maximum absolute atomic E-state index is 10.1. The summed E-state index contributed by atoms with van der Waals surface area (Å²) < 4.78 is 10.1. The molecule has 0 amide bonds. The summed E-state index contributed by atoms with van der Waals surface area (Å²) in [6, 6.07) is 9.69. The number of rotatable bonds is 8. The molecule has 6 nitrogen and oxygen atoms in total. The second kappa shape index (κ2) is 9.66. The van der Waals surface area contributed by atoms with E-state index in [1.165, 1.54) is 26.4 Å². The van der Waals surface area contributed by atoms with Gasteiger partial charge in [0.2, 0.25) is 0 Å². The number of hydrogen-bond acceptors (Lipinski definition) is 6. The van der Waals surface area contributed by atoms with Crippen LogP contribution in [-0.2, 0) is 0 Å². The molecular weight excluding hydrogens is 348 g/mol. The zero-order valence-corrected chi connectivity index (χ0v) is 15.2. The minimum absolute atomic E-state index is 0.0432. The van der Waals surface area contributed by atoms with Gasteiger partial charge in [-0.05, 0) is 35.4 Å². The molecule has 0 aliphatic carbocycles. The van der Waals surface area contributed by atoms with Crippen molar-refractivity contribution in [3.8, 4) is 23.0 Å². The first-order valence-electron chi connectivity index (χ1n) is 8.39. The van der Waals surface area contributed by atoms with E-state index < -0.39 is 12.2 Å². The van der Waals surface area contributed by atoms with Crippen LogP contribution in [0.3, 0.4) is 0 Å². The van der Waals surface area contributed by atoms with Gasteiger partial charge in [-0.15, -0.1) is 0 Å². The largest absolute Gasteiger partial charge is 0.504 e. The number of aromatic hydroxyl groups is 2. The maximum Gasteiger partial charge on any atom is 0.161 e. The first kappa shape index (κ1) is 20.4. The molecule has 0 heterocycles. The SMILES string of the molecule is COc1cc(/C=C/[C@@H](O)C[C@@H](O)/C=C/c2ccc(O)c(OC)c2)ccc1O. The fourth-order valence-electron chi connectivity index (χ4n) is 2.44. The Hall–Kier alpha value is -2.96. The van der Waals surface area contributed by atoms with Crippen molar-refractivity contribution in [3.63, 3.8) is 0 Å². The summed E-state index contributed by atoms with van der Waals surface area (Å²) in [6.07, 6.45) is 4.93. The van der Waals surface area contributed by atoms with Gasteiger partial charge < -0.3 is 29.9 Å². The lowest BCUT2D eigenvalue weighted by Crippen LogP contribution is -2.13. The Morgan fingerprint density at radius 1 is 0.778 bits per heavy atom. The van der Waals surface area contributed by atoms with E-state index in [0.29, 0.717) is 11.5 Å². The van der Waals surface area contributed by atoms with Crippen molar-refractivity contribution in [2.24, 2.45) is 0 Å². The molecule has 0 unspecified atom stereocenters. The summed E-state index contributed by atoms with van der Waals surface area (Å²) in [4.78, 5) is 0. The van der Waals surface area contributed by atoms with E-state index in [0.717, 1.165) is 11.1 Å². The van der Waals surface area contributed by atoms with Crippen LogP contribution in [0.2, 0.25) is 0 Å². The van der Waals surface area contributed by atoms with Crippen LogP contribution in [0.25, 0.3) is 12.2 Å². The minimum Gasteiger partial charge on any atom is -0.504 e. The second-order valence-electron chi connectivity index (χ2n) is 5.95. The van der Waals surface area contributed by atoms with Gasteiger partial charge in [0.05, 0.1) is 26.4 Å². The maximum atomic E-state index is 10.1. The van der Waals surface area contributed by atoms with Crippen molar-refractivity contribution >= 4 is 12.2 Å². The smallest absolute Gasteiger partial charge is 0.161 e. The Labute approximate surface area is 158 Å².